The third-order valence-electron chi connectivity index (χ3n) is 5.47. The molecule has 0 atom stereocenters. The lowest BCUT2D eigenvalue weighted by Crippen LogP contribution is -1.97. The lowest BCUT2D eigenvalue weighted by Gasteiger charge is -2.04. The molecule has 5 nitrogen and oxygen atoms in total. The average Bonchev–Trinajstić information content (AvgIpc) is 2.75. The largest absolute Gasteiger partial charge is 0.469 e. The van der Waals surface area contributed by atoms with Crippen LogP contribution in [0, 0.1) is 0 Å². The quantitative estimate of drug-likeness (QED) is 0.0780. The molecule has 0 saturated heterocycles. The Morgan fingerprint density at radius 3 is 1.41 bits per heavy atom. The van der Waals surface area contributed by atoms with Crippen LogP contribution in [-0.4, -0.2) is 22.9 Å². The molecule has 0 rings (SSSR count). The Labute approximate surface area is 200 Å². The van der Waals surface area contributed by atoms with E-state index in [9.17, 15) is 4.57 Å². The average molecular weight is 478 g/mol. The summed E-state index contributed by atoms with van der Waals surface area (Å²) >= 11 is 0. The van der Waals surface area contributed by atoms with Gasteiger partial charge in [0.2, 0.25) is 0 Å². The summed E-state index contributed by atoms with van der Waals surface area (Å²) in [5.74, 6) is 0. The van der Waals surface area contributed by atoms with Crippen LogP contribution in [0.5, 0.6) is 0 Å². The second-order valence-electron chi connectivity index (χ2n) is 8.82. The number of unbranched alkanes of at least 4 members (excludes halogenated alkanes) is 17. The topological polar surface area (TPSA) is 92.8 Å². The predicted octanol–water partition coefficient (Wildman–Crippen LogP) is 8.44. The van der Waals surface area contributed by atoms with E-state index < -0.39 is 7.82 Å². The normalized spacial score (nSPS) is 11.7. The van der Waals surface area contributed by atoms with Crippen LogP contribution in [0.15, 0.2) is 12.2 Å². The molecule has 0 heterocycles. The summed E-state index contributed by atoms with van der Waals surface area (Å²) in [6, 6.07) is 0. The van der Waals surface area contributed by atoms with Gasteiger partial charge in [-0.05, 0) is 45.1 Å². The molecule has 0 aliphatic heterocycles. The van der Waals surface area contributed by atoms with Gasteiger partial charge in [-0.3, -0.25) is 4.52 Å². The Morgan fingerprint density at radius 1 is 0.625 bits per heavy atom. The Balaban J connectivity index is 0. The molecule has 0 fully saturated rings. The van der Waals surface area contributed by atoms with Gasteiger partial charge in [-0.25, -0.2) is 4.57 Å². The van der Waals surface area contributed by atoms with Crippen molar-refractivity contribution in [1.82, 2.24) is 0 Å². The standard InChI is InChI=1S/C18H37O4P.C8H19N/c1-2-3-4-5-6-7-8-9-10-11-12-13-14-15-16-17-18-22-23(19,20)21;1-2-3-4-5-6-7-8-9/h9-10H,2-8,11-18H2,1H3,(H2,19,20,21);2-9H2,1H3. The molecular formula is C26H56NO4P. The Bertz CT molecular complexity index is 407. The SMILES string of the molecule is CCCCCCCCC=CCCCCCCCCOP(=O)(O)O.CCCCCCCCN. The van der Waals surface area contributed by atoms with Gasteiger partial charge < -0.3 is 15.5 Å². The number of hydrogen-bond donors (Lipinski definition) is 3. The zero-order chi connectivity index (χ0) is 24.2. The molecular weight excluding hydrogens is 421 g/mol. The Kier molecular flexibility index (Phi) is 30.6. The second kappa shape index (κ2) is 28.8. The first kappa shape index (κ1) is 34.0. The van der Waals surface area contributed by atoms with E-state index in [-0.39, 0.29) is 6.61 Å². The summed E-state index contributed by atoms with van der Waals surface area (Å²) in [6.07, 6.45) is 29.8. The molecule has 0 unspecified atom stereocenters. The molecule has 0 aromatic carbocycles. The summed E-state index contributed by atoms with van der Waals surface area (Å²) in [5, 5.41) is 0. The van der Waals surface area contributed by atoms with E-state index in [0.717, 1.165) is 25.8 Å². The van der Waals surface area contributed by atoms with Crippen LogP contribution in [0.25, 0.3) is 0 Å². The lowest BCUT2D eigenvalue weighted by atomic mass is 10.1. The van der Waals surface area contributed by atoms with Crippen molar-refractivity contribution in [2.45, 2.75) is 142 Å². The summed E-state index contributed by atoms with van der Waals surface area (Å²) in [5.41, 5.74) is 5.34. The van der Waals surface area contributed by atoms with Crippen molar-refractivity contribution in [1.29, 1.82) is 0 Å². The van der Waals surface area contributed by atoms with Crippen LogP contribution >= 0.6 is 7.82 Å². The van der Waals surface area contributed by atoms with E-state index >= 15 is 0 Å². The number of nitrogens with two attached hydrogens (primary N) is 1. The number of phosphoric ester groups is 1. The van der Waals surface area contributed by atoms with E-state index in [1.54, 1.807) is 0 Å². The van der Waals surface area contributed by atoms with Crippen LogP contribution in [0.3, 0.4) is 0 Å². The maximum atomic E-state index is 10.5. The number of phosphoric acid groups is 1. The first-order chi connectivity index (χ1) is 15.5. The first-order valence-corrected chi connectivity index (χ1v) is 15.1. The molecule has 0 aliphatic carbocycles. The van der Waals surface area contributed by atoms with Crippen LogP contribution in [0.1, 0.15) is 142 Å². The third kappa shape index (κ3) is 37.1. The Hall–Kier alpha value is -0.190. The van der Waals surface area contributed by atoms with Crippen molar-refractivity contribution in [3.63, 3.8) is 0 Å². The lowest BCUT2D eigenvalue weighted by molar-refractivity contribution is 0.193. The second-order valence-corrected chi connectivity index (χ2v) is 10.1. The van der Waals surface area contributed by atoms with E-state index in [0.29, 0.717) is 0 Å². The highest BCUT2D eigenvalue weighted by Gasteiger charge is 2.12. The van der Waals surface area contributed by atoms with Crippen molar-refractivity contribution in [2.24, 2.45) is 5.73 Å². The molecule has 0 aliphatic rings. The van der Waals surface area contributed by atoms with Crippen LogP contribution in [0.2, 0.25) is 0 Å². The first-order valence-electron chi connectivity index (χ1n) is 13.5. The minimum Gasteiger partial charge on any atom is -0.330 e. The maximum absolute atomic E-state index is 10.5. The van der Waals surface area contributed by atoms with Gasteiger partial charge in [0.05, 0.1) is 6.61 Å². The van der Waals surface area contributed by atoms with Crippen molar-refractivity contribution in [3.8, 4) is 0 Å². The zero-order valence-electron chi connectivity index (χ0n) is 21.4. The molecule has 6 heteroatoms. The van der Waals surface area contributed by atoms with Crippen molar-refractivity contribution in [2.75, 3.05) is 13.2 Å². The molecule has 0 aromatic rings. The van der Waals surface area contributed by atoms with Gasteiger partial charge in [0.15, 0.2) is 0 Å². The van der Waals surface area contributed by atoms with E-state index in [1.165, 1.54) is 109 Å². The molecule has 0 aromatic heterocycles. The highest BCUT2D eigenvalue weighted by Crippen LogP contribution is 2.35. The van der Waals surface area contributed by atoms with Gasteiger partial charge in [0.1, 0.15) is 0 Å². The van der Waals surface area contributed by atoms with Gasteiger partial charge in [0.25, 0.3) is 0 Å². The number of rotatable bonds is 23. The Morgan fingerprint density at radius 2 is 1.00 bits per heavy atom. The molecule has 0 radical (unpaired) electrons. The predicted molar refractivity (Wildman–Crippen MR) is 140 cm³/mol. The number of allylic oxidation sites excluding steroid dienone is 2. The smallest absolute Gasteiger partial charge is 0.330 e. The van der Waals surface area contributed by atoms with Crippen LogP contribution < -0.4 is 5.73 Å². The molecule has 0 saturated carbocycles. The summed E-state index contributed by atoms with van der Waals surface area (Å²) in [4.78, 5) is 17.1. The highest BCUT2D eigenvalue weighted by molar-refractivity contribution is 7.46. The molecule has 194 valence electrons. The fraction of sp³-hybridized carbons (Fsp3) is 0.923. The number of hydrogen-bond acceptors (Lipinski definition) is 3. The molecule has 4 N–H and O–H groups in total. The van der Waals surface area contributed by atoms with E-state index in [1.807, 2.05) is 0 Å². The summed E-state index contributed by atoms with van der Waals surface area (Å²) in [6.45, 7) is 5.52. The van der Waals surface area contributed by atoms with Gasteiger partial charge in [-0.1, -0.05) is 116 Å². The van der Waals surface area contributed by atoms with Gasteiger partial charge in [0, 0.05) is 0 Å². The van der Waals surface area contributed by atoms with Crippen LogP contribution in [-0.2, 0) is 9.09 Å². The minimum atomic E-state index is -4.26. The zero-order valence-corrected chi connectivity index (χ0v) is 22.3. The summed E-state index contributed by atoms with van der Waals surface area (Å²) < 4.78 is 14.9. The maximum Gasteiger partial charge on any atom is 0.469 e. The monoisotopic (exact) mass is 477 g/mol. The molecule has 32 heavy (non-hydrogen) atoms. The van der Waals surface area contributed by atoms with Crippen molar-refractivity contribution < 1.29 is 18.9 Å². The van der Waals surface area contributed by atoms with Crippen molar-refractivity contribution in [3.05, 3.63) is 12.2 Å². The van der Waals surface area contributed by atoms with Crippen LogP contribution in [0.4, 0.5) is 0 Å². The van der Waals surface area contributed by atoms with E-state index in [2.05, 4.69) is 30.5 Å². The van der Waals surface area contributed by atoms with Crippen molar-refractivity contribution >= 4 is 7.82 Å². The van der Waals surface area contributed by atoms with Gasteiger partial charge in [-0.15, -0.1) is 0 Å². The molecule has 0 bridgehead atoms. The minimum absolute atomic E-state index is 0.158. The molecule has 0 spiro atoms. The summed E-state index contributed by atoms with van der Waals surface area (Å²) in [7, 11) is -4.26. The fourth-order valence-corrected chi connectivity index (χ4v) is 3.82. The molecule has 0 amide bonds. The van der Waals surface area contributed by atoms with Gasteiger partial charge >= 0.3 is 7.82 Å². The third-order valence-corrected chi connectivity index (χ3v) is 5.99. The highest BCUT2D eigenvalue weighted by atomic mass is 31.2. The van der Waals surface area contributed by atoms with E-state index in [4.69, 9.17) is 15.5 Å². The van der Waals surface area contributed by atoms with Gasteiger partial charge in [-0.2, -0.15) is 0 Å². The fourth-order valence-electron chi connectivity index (χ4n) is 3.46.